The Bertz CT molecular complexity index is 235. The van der Waals surface area contributed by atoms with E-state index in [0.29, 0.717) is 6.54 Å². The molecule has 0 aliphatic heterocycles. The number of carbonyl (C=O) groups is 3. The van der Waals surface area contributed by atoms with Gasteiger partial charge in [0.1, 0.15) is 0 Å². The molecule has 0 aromatic heterocycles. The molecule has 0 fully saturated rings. The molecule has 0 heterocycles. The molecular formula is C10H28CaN2Na2O7. The van der Waals surface area contributed by atoms with Gasteiger partial charge in [0.25, 0.3) is 17.9 Å². The van der Waals surface area contributed by atoms with Crippen LogP contribution in [0.4, 0.5) is 0 Å². The van der Waals surface area contributed by atoms with Gasteiger partial charge in [-0.3, -0.25) is 14.4 Å². The van der Waals surface area contributed by atoms with E-state index in [4.69, 9.17) is 46.3 Å². The maximum Gasteiger partial charge on any atom is 2.00 e. The average Bonchev–Trinajstić information content (AvgIpc) is 2.13. The first-order valence-corrected chi connectivity index (χ1v) is 5.10. The maximum absolute atomic E-state index is 9.00. The summed E-state index contributed by atoms with van der Waals surface area (Å²) in [5, 5.41) is 30.9. The molecule has 124 valence electrons. The van der Waals surface area contributed by atoms with Crippen molar-refractivity contribution in [3.05, 3.63) is 0 Å². The molecule has 0 bridgehead atoms. The number of carboxylic acids is 3. The van der Waals surface area contributed by atoms with E-state index >= 15 is 0 Å². The first-order chi connectivity index (χ1) is 8.38. The summed E-state index contributed by atoms with van der Waals surface area (Å²) < 4.78 is 0. The molecule has 0 aliphatic rings. The third-order valence-corrected chi connectivity index (χ3v) is 0.892. The zero-order valence-electron chi connectivity index (χ0n) is 18.2. The van der Waals surface area contributed by atoms with Crippen LogP contribution in [0.5, 0.6) is 0 Å². The van der Waals surface area contributed by atoms with Crippen molar-refractivity contribution in [2.24, 2.45) is 11.5 Å². The minimum Gasteiger partial charge on any atom is -1.00 e. The van der Waals surface area contributed by atoms with Crippen molar-refractivity contribution in [1.29, 1.82) is 0 Å². The number of aliphatic hydroxyl groups is 1. The summed E-state index contributed by atoms with van der Waals surface area (Å²) in [4.78, 5) is 27.0. The van der Waals surface area contributed by atoms with Crippen LogP contribution in [0.15, 0.2) is 0 Å². The zero-order valence-corrected chi connectivity index (χ0v) is 20.4. The van der Waals surface area contributed by atoms with Crippen molar-refractivity contribution in [3.63, 3.8) is 0 Å². The van der Waals surface area contributed by atoms with Gasteiger partial charge in [-0.1, -0.05) is 0 Å². The van der Waals surface area contributed by atoms with E-state index in [0.717, 1.165) is 20.8 Å². The summed E-state index contributed by atoms with van der Waals surface area (Å²) in [6, 6.07) is -0.264. The first-order valence-electron chi connectivity index (χ1n) is 5.10. The predicted octanol–water partition coefficient (Wildman–Crippen LogP) is -7.00. The molecule has 9 nitrogen and oxygen atoms in total. The molecule has 0 rings (SSSR count). The van der Waals surface area contributed by atoms with Gasteiger partial charge >= 0.3 is 96.9 Å². The molecule has 0 amide bonds. The first kappa shape index (κ1) is 43.7. The molecule has 2 atom stereocenters. The number of aliphatic carboxylic acids is 3. The van der Waals surface area contributed by atoms with Crippen LogP contribution in [0, 0.1) is 0 Å². The van der Waals surface area contributed by atoms with Crippen molar-refractivity contribution in [2.45, 2.75) is 39.8 Å². The minimum absolute atomic E-state index is 0. The smallest absolute Gasteiger partial charge is 1.00 e. The van der Waals surface area contributed by atoms with Gasteiger partial charge in [-0.2, -0.15) is 0 Å². The predicted molar refractivity (Wildman–Crippen MR) is 78.8 cm³/mol. The van der Waals surface area contributed by atoms with Crippen molar-refractivity contribution >= 4 is 55.6 Å². The number of carboxylic acid groups (broad SMARTS) is 3. The van der Waals surface area contributed by atoms with Gasteiger partial charge in [-0.05, 0) is 6.92 Å². The third kappa shape index (κ3) is 160. The average molecular weight is 374 g/mol. The van der Waals surface area contributed by atoms with Gasteiger partial charge in [0.05, 0.1) is 6.10 Å². The van der Waals surface area contributed by atoms with Crippen molar-refractivity contribution < 1.29 is 99.6 Å². The van der Waals surface area contributed by atoms with Crippen molar-refractivity contribution in [1.82, 2.24) is 0 Å². The van der Waals surface area contributed by atoms with Gasteiger partial charge in [0, 0.05) is 33.4 Å². The molecule has 22 heavy (non-hydrogen) atoms. The van der Waals surface area contributed by atoms with E-state index in [1.54, 1.807) is 6.92 Å². The van der Waals surface area contributed by atoms with Crippen LogP contribution in [0.3, 0.4) is 0 Å². The Labute approximate surface area is 210 Å². The Hall–Kier alpha value is 1.55. The van der Waals surface area contributed by atoms with E-state index < -0.39 is 24.0 Å². The monoisotopic (exact) mass is 374 g/mol. The number of rotatable bonds is 2. The Balaban J connectivity index is -0.0000000121. The van der Waals surface area contributed by atoms with Crippen molar-refractivity contribution in [2.75, 3.05) is 6.54 Å². The second kappa shape index (κ2) is 34.0. The largest absolute Gasteiger partial charge is 2.00 e. The number of nitrogens with two attached hydrogens (primary N) is 2. The fourth-order valence-electron chi connectivity index (χ4n) is 0.197. The summed E-state index contributed by atoms with van der Waals surface area (Å²) in [5.41, 5.74) is 10.3. The second-order valence-corrected chi connectivity index (χ2v) is 3.20. The molecule has 0 radical (unpaired) electrons. The standard InChI is InChI=1S/C4H12N2O.3C2H4O2.Ca.2Na.4H/c1-3(7)4(6)2-5;3*1-2(3)4;;;;;;;/h3-4,7H,2,5-6H2,1H3;3*1H3,(H,3,4);;;;;;;/q;;;;+2;2*+1;4*-1. The van der Waals surface area contributed by atoms with E-state index in [-0.39, 0.29) is 109 Å². The molecule has 12 heteroatoms. The van der Waals surface area contributed by atoms with Gasteiger partial charge in [0.2, 0.25) is 0 Å². The van der Waals surface area contributed by atoms with E-state index in [2.05, 4.69) is 0 Å². The van der Waals surface area contributed by atoms with Gasteiger partial charge in [-0.15, -0.1) is 0 Å². The van der Waals surface area contributed by atoms with E-state index in [9.17, 15) is 0 Å². The summed E-state index contributed by atoms with van der Waals surface area (Å²) in [6.07, 6.45) is -0.481. The Morgan fingerprint density at radius 3 is 1.09 bits per heavy atom. The summed E-state index contributed by atoms with van der Waals surface area (Å²) in [5.74, 6) is -2.50. The molecule has 0 saturated carbocycles. The van der Waals surface area contributed by atoms with Crippen LogP contribution in [-0.2, 0) is 14.4 Å². The van der Waals surface area contributed by atoms with Crippen LogP contribution in [0.25, 0.3) is 0 Å². The second-order valence-electron chi connectivity index (χ2n) is 3.20. The van der Waals surface area contributed by atoms with Crippen LogP contribution >= 0.6 is 0 Å². The van der Waals surface area contributed by atoms with Gasteiger partial charge in [-0.25, -0.2) is 0 Å². The molecule has 0 aliphatic carbocycles. The van der Waals surface area contributed by atoms with Gasteiger partial charge < -0.3 is 37.6 Å². The molecule has 0 spiro atoms. The molecule has 0 saturated heterocycles. The molecule has 0 aromatic carbocycles. The fourth-order valence-corrected chi connectivity index (χ4v) is 0.197. The van der Waals surface area contributed by atoms with Crippen LogP contribution in [0.2, 0.25) is 0 Å². The Morgan fingerprint density at radius 2 is 1.09 bits per heavy atom. The van der Waals surface area contributed by atoms with E-state index in [1.165, 1.54) is 0 Å². The summed E-state index contributed by atoms with van der Waals surface area (Å²) >= 11 is 0. The minimum atomic E-state index is -0.833. The molecule has 0 aromatic rings. The SMILES string of the molecule is CC(=O)O.CC(=O)O.CC(=O)O.CC(O)C(N)CN.[Ca+2].[H-].[H-].[H-].[H-].[Na+].[Na+]. The Kier molecular flexibility index (Phi) is 67.6. The van der Waals surface area contributed by atoms with E-state index in [1.807, 2.05) is 0 Å². The zero-order chi connectivity index (χ0) is 16.6. The van der Waals surface area contributed by atoms with Crippen molar-refractivity contribution in [3.8, 4) is 0 Å². The molecular weight excluding hydrogens is 346 g/mol. The fraction of sp³-hybridized carbons (Fsp3) is 0.700. The third-order valence-electron chi connectivity index (χ3n) is 0.892. The quantitative estimate of drug-likeness (QED) is 0.256. The Morgan fingerprint density at radius 1 is 0.955 bits per heavy atom. The number of aliphatic hydroxyl groups excluding tert-OH is 1. The normalized spacial score (nSPS) is 9.41. The summed E-state index contributed by atoms with van der Waals surface area (Å²) in [7, 11) is 0. The van der Waals surface area contributed by atoms with Crippen LogP contribution < -0.4 is 70.6 Å². The summed E-state index contributed by atoms with van der Waals surface area (Å²) in [6.45, 7) is 5.22. The number of hydrogen-bond acceptors (Lipinski definition) is 6. The topological polar surface area (TPSA) is 184 Å². The molecule has 2 unspecified atom stereocenters. The molecule has 8 N–H and O–H groups in total. The van der Waals surface area contributed by atoms with Crippen LogP contribution in [0.1, 0.15) is 33.4 Å². The van der Waals surface area contributed by atoms with Gasteiger partial charge in [0.15, 0.2) is 0 Å². The number of hydrogen-bond donors (Lipinski definition) is 6. The van der Waals surface area contributed by atoms with Crippen LogP contribution in [-0.4, -0.2) is 94.8 Å². The maximum atomic E-state index is 9.00.